The maximum absolute atomic E-state index is 6.02. The molecule has 104 valence electrons. The molecule has 0 bridgehead atoms. The van der Waals surface area contributed by atoms with Crippen molar-refractivity contribution in [1.29, 1.82) is 0 Å². The van der Waals surface area contributed by atoms with Crippen LogP contribution in [0.25, 0.3) is 0 Å². The first-order valence-corrected chi connectivity index (χ1v) is 7.06. The van der Waals surface area contributed by atoms with E-state index >= 15 is 0 Å². The second-order valence-corrected chi connectivity index (χ2v) is 5.57. The highest BCUT2D eigenvalue weighted by atomic mass is 16.5. The van der Waals surface area contributed by atoms with E-state index < -0.39 is 0 Å². The van der Waals surface area contributed by atoms with Gasteiger partial charge >= 0.3 is 0 Å². The predicted octanol–water partition coefficient (Wildman–Crippen LogP) is 3.96. The van der Waals surface area contributed by atoms with Gasteiger partial charge in [0, 0.05) is 5.92 Å². The summed E-state index contributed by atoms with van der Waals surface area (Å²) < 4.78 is 11.9. The minimum atomic E-state index is -0.113. The van der Waals surface area contributed by atoms with Crippen LogP contribution in [0.15, 0.2) is 42.5 Å². The number of benzene rings is 1. The fraction of sp³-hybridized carbons (Fsp3) is 0.529. The van der Waals surface area contributed by atoms with Gasteiger partial charge in [-0.25, -0.2) is 0 Å². The van der Waals surface area contributed by atoms with Crippen LogP contribution >= 0.6 is 0 Å². The van der Waals surface area contributed by atoms with E-state index in [2.05, 4.69) is 32.6 Å². The minimum absolute atomic E-state index is 0.113. The Hall–Kier alpha value is -1.12. The van der Waals surface area contributed by atoms with E-state index in [9.17, 15) is 0 Å². The van der Waals surface area contributed by atoms with E-state index in [0.717, 1.165) is 19.4 Å². The highest BCUT2D eigenvalue weighted by Crippen LogP contribution is 2.36. The van der Waals surface area contributed by atoms with Crippen LogP contribution in [-0.4, -0.2) is 18.8 Å². The van der Waals surface area contributed by atoms with Crippen molar-refractivity contribution in [2.24, 2.45) is 5.92 Å². The third-order valence-electron chi connectivity index (χ3n) is 4.03. The van der Waals surface area contributed by atoms with Crippen LogP contribution in [0.4, 0.5) is 0 Å². The number of hydrogen-bond donors (Lipinski definition) is 0. The molecule has 0 radical (unpaired) electrons. The van der Waals surface area contributed by atoms with Gasteiger partial charge in [-0.1, -0.05) is 49.4 Å². The smallest absolute Gasteiger partial charge is 0.0919 e. The molecule has 2 atom stereocenters. The molecule has 0 N–H and O–H groups in total. The standard InChI is InChI=1S/C17H24O2/c1-4-17(10-16(12-19-17)14(2)3)13-18-11-15-8-6-5-7-9-15/h5-9,16H,2,4,10-13H2,1,3H3/t16?,17-/m0/s1. The van der Waals surface area contributed by atoms with Crippen molar-refractivity contribution in [3.8, 4) is 0 Å². The van der Waals surface area contributed by atoms with Gasteiger partial charge in [0.25, 0.3) is 0 Å². The maximum Gasteiger partial charge on any atom is 0.0919 e. The molecule has 0 spiro atoms. The molecule has 0 saturated carbocycles. The van der Waals surface area contributed by atoms with Crippen molar-refractivity contribution in [3.05, 3.63) is 48.0 Å². The SMILES string of the molecule is C=C(C)C1CO[C@](CC)(COCc2ccccc2)C1. The van der Waals surface area contributed by atoms with Crippen molar-refractivity contribution in [2.45, 2.75) is 38.9 Å². The molecule has 2 nitrogen and oxygen atoms in total. The van der Waals surface area contributed by atoms with Gasteiger partial charge in [0.1, 0.15) is 0 Å². The van der Waals surface area contributed by atoms with Crippen LogP contribution in [0.1, 0.15) is 32.3 Å². The summed E-state index contributed by atoms with van der Waals surface area (Å²) in [5.74, 6) is 0.486. The van der Waals surface area contributed by atoms with Crippen molar-refractivity contribution in [2.75, 3.05) is 13.2 Å². The van der Waals surface area contributed by atoms with E-state index in [1.807, 2.05) is 18.2 Å². The normalized spacial score (nSPS) is 26.5. The van der Waals surface area contributed by atoms with Crippen molar-refractivity contribution >= 4 is 0 Å². The molecule has 1 aromatic rings. The Kier molecular flexibility index (Phi) is 4.78. The molecular formula is C17H24O2. The van der Waals surface area contributed by atoms with Gasteiger partial charge in [0.05, 0.1) is 25.4 Å². The lowest BCUT2D eigenvalue weighted by Crippen LogP contribution is -2.33. The van der Waals surface area contributed by atoms with Crippen LogP contribution in [0, 0.1) is 5.92 Å². The van der Waals surface area contributed by atoms with E-state index in [4.69, 9.17) is 9.47 Å². The summed E-state index contributed by atoms with van der Waals surface area (Å²) in [5, 5.41) is 0. The van der Waals surface area contributed by atoms with Crippen LogP contribution in [0.5, 0.6) is 0 Å². The van der Waals surface area contributed by atoms with Crippen molar-refractivity contribution in [3.63, 3.8) is 0 Å². The summed E-state index contributed by atoms with van der Waals surface area (Å²) in [6.07, 6.45) is 2.03. The van der Waals surface area contributed by atoms with E-state index in [0.29, 0.717) is 19.1 Å². The molecule has 1 aliphatic heterocycles. The molecule has 0 aliphatic carbocycles. The van der Waals surface area contributed by atoms with Crippen LogP contribution in [-0.2, 0) is 16.1 Å². The summed E-state index contributed by atoms with van der Waals surface area (Å²) in [6.45, 7) is 10.4. The second-order valence-electron chi connectivity index (χ2n) is 5.57. The molecule has 1 saturated heterocycles. The van der Waals surface area contributed by atoms with Gasteiger partial charge in [-0.3, -0.25) is 0 Å². The first kappa shape index (κ1) is 14.3. The summed E-state index contributed by atoms with van der Waals surface area (Å²) in [4.78, 5) is 0. The molecule has 2 heteroatoms. The number of ether oxygens (including phenoxy) is 2. The predicted molar refractivity (Wildman–Crippen MR) is 78.0 cm³/mol. The molecule has 19 heavy (non-hydrogen) atoms. The largest absolute Gasteiger partial charge is 0.374 e. The van der Waals surface area contributed by atoms with Gasteiger partial charge in [-0.2, -0.15) is 0 Å². The molecule has 1 aromatic carbocycles. The zero-order valence-corrected chi connectivity index (χ0v) is 12.0. The topological polar surface area (TPSA) is 18.5 Å². The third kappa shape index (κ3) is 3.68. The summed E-state index contributed by atoms with van der Waals surface area (Å²) >= 11 is 0. The number of hydrogen-bond acceptors (Lipinski definition) is 2. The highest BCUT2D eigenvalue weighted by molar-refractivity contribution is 5.13. The monoisotopic (exact) mass is 260 g/mol. The van der Waals surface area contributed by atoms with Gasteiger partial charge in [0.15, 0.2) is 0 Å². The Morgan fingerprint density at radius 1 is 1.42 bits per heavy atom. The zero-order valence-electron chi connectivity index (χ0n) is 12.0. The van der Waals surface area contributed by atoms with Gasteiger partial charge in [-0.05, 0) is 25.3 Å². The van der Waals surface area contributed by atoms with Gasteiger partial charge < -0.3 is 9.47 Å². The molecular weight excluding hydrogens is 236 g/mol. The first-order valence-electron chi connectivity index (χ1n) is 7.06. The molecule has 1 fully saturated rings. The zero-order chi connectivity index (χ0) is 13.7. The quantitative estimate of drug-likeness (QED) is 0.721. The lowest BCUT2D eigenvalue weighted by molar-refractivity contribution is -0.0699. The van der Waals surface area contributed by atoms with Crippen LogP contribution in [0.3, 0.4) is 0 Å². The minimum Gasteiger partial charge on any atom is -0.374 e. The molecule has 0 aromatic heterocycles. The second kappa shape index (κ2) is 6.36. The lowest BCUT2D eigenvalue weighted by Gasteiger charge is -2.27. The Morgan fingerprint density at radius 2 is 2.16 bits per heavy atom. The summed E-state index contributed by atoms with van der Waals surface area (Å²) in [5.41, 5.74) is 2.32. The summed E-state index contributed by atoms with van der Waals surface area (Å²) in [7, 11) is 0. The molecule has 2 rings (SSSR count). The van der Waals surface area contributed by atoms with Crippen molar-refractivity contribution in [1.82, 2.24) is 0 Å². The average Bonchev–Trinajstić information content (AvgIpc) is 2.85. The molecule has 1 unspecified atom stereocenters. The van der Waals surface area contributed by atoms with E-state index in [1.54, 1.807) is 0 Å². The third-order valence-corrected chi connectivity index (χ3v) is 4.03. The Balaban J connectivity index is 1.85. The van der Waals surface area contributed by atoms with Crippen LogP contribution in [0.2, 0.25) is 0 Å². The van der Waals surface area contributed by atoms with E-state index in [1.165, 1.54) is 11.1 Å². The summed E-state index contributed by atoms with van der Waals surface area (Å²) in [6, 6.07) is 10.3. The number of rotatable bonds is 6. The fourth-order valence-electron chi connectivity index (χ4n) is 2.54. The first-order chi connectivity index (χ1) is 9.15. The Bertz CT molecular complexity index is 413. The average molecular weight is 260 g/mol. The molecule has 1 heterocycles. The Morgan fingerprint density at radius 3 is 2.74 bits per heavy atom. The molecule has 1 aliphatic rings. The van der Waals surface area contributed by atoms with Crippen LogP contribution < -0.4 is 0 Å². The van der Waals surface area contributed by atoms with Gasteiger partial charge in [-0.15, -0.1) is 0 Å². The Labute approximate surface area is 116 Å². The fourth-order valence-corrected chi connectivity index (χ4v) is 2.54. The maximum atomic E-state index is 6.02. The lowest BCUT2D eigenvalue weighted by atomic mass is 9.89. The van der Waals surface area contributed by atoms with E-state index in [-0.39, 0.29) is 5.60 Å². The molecule has 0 amide bonds. The van der Waals surface area contributed by atoms with Gasteiger partial charge in [0.2, 0.25) is 0 Å². The van der Waals surface area contributed by atoms with Crippen molar-refractivity contribution < 1.29 is 9.47 Å². The highest BCUT2D eigenvalue weighted by Gasteiger charge is 2.39.